The summed E-state index contributed by atoms with van der Waals surface area (Å²) in [5.41, 5.74) is 1.21. The molecule has 7 heteroatoms. The van der Waals surface area contributed by atoms with E-state index in [0.717, 1.165) is 29.9 Å². The van der Waals surface area contributed by atoms with Gasteiger partial charge in [-0.15, -0.1) is 0 Å². The Balaban J connectivity index is 1.74. The average molecular weight is 358 g/mol. The van der Waals surface area contributed by atoms with E-state index in [9.17, 15) is 9.59 Å². The molecule has 1 amide bonds. The number of likely N-dealkylation sites (tertiary alicyclic amines) is 1. The molecule has 0 radical (unpaired) electrons. The second-order valence-corrected chi connectivity index (χ2v) is 7.80. The molecule has 1 saturated heterocycles. The predicted octanol–water partition coefficient (Wildman–Crippen LogP) is 2.98. The number of benzene rings is 1. The molecule has 0 aliphatic carbocycles. The fourth-order valence-electron chi connectivity index (χ4n) is 3.17. The van der Waals surface area contributed by atoms with Crippen LogP contribution in [0.25, 0.3) is 5.69 Å². The van der Waals surface area contributed by atoms with Gasteiger partial charge in [-0.05, 0) is 52.7 Å². The van der Waals surface area contributed by atoms with Crippen molar-refractivity contribution in [3.63, 3.8) is 0 Å². The van der Waals surface area contributed by atoms with E-state index in [1.807, 2.05) is 52.0 Å². The minimum atomic E-state index is -0.498. The SMILES string of the molecule is Cc1ccc(-n2c(C3CCN(C(=O)OC(C)(C)C)CC3)n[nH]c2=O)cc1. The lowest BCUT2D eigenvalue weighted by atomic mass is 9.96. The highest BCUT2D eigenvalue weighted by Gasteiger charge is 2.30. The number of hydrogen-bond acceptors (Lipinski definition) is 4. The Morgan fingerprint density at radius 1 is 1.19 bits per heavy atom. The summed E-state index contributed by atoms with van der Waals surface area (Å²) in [6, 6.07) is 7.80. The molecule has 1 aromatic heterocycles. The number of nitrogens with zero attached hydrogens (tertiary/aromatic N) is 3. The number of hydrogen-bond donors (Lipinski definition) is 1. The number of nitrogens with one attached hydrogen (secondary N) is 1. The smallest absolute Gasteiger partial charge is 0.410 e. The van der Waals surface area contributed by atoms with Crippen LogP contribution in [0, 0.1) is 6.92 Å². The monoisotopic (exact) mass is 358 g/mol. The van der Waals surface area contributed by atoms with E-state index >= 15 is 0 Å². The van der Waals surface area contributed by atoms with Gasteiger partial charge >= 0.3 is 11.8 Å². The molecule has 7 nitrogen and oxygen atoms in total. The lowest BCUT2D eigenvalue weighted by Gasteiger charge is -2.33. The molecule has 1 N–H and O–H groups in total. The van der Waals surface area contributed by atoms with E-state index in [2.05, 4.69) is 10.2 Å². The van der Waals surface area contributed by atoms with Crippen LogP contribution >= 0.6 is 0 Å². The van der Waals surface area contributed by atoms with Crippen LogP contribution < -0.4 is 5.69 Å². The van der Waals surface area contributed by atoms with Gasteiger partial charge in [0.25, 0.3) is 0 Å². The van der Waals surface area contributed by atoms with E-state index in [4.69, 9.17) is 4.74 Å². The van der Waals surface area contributed by atoms with Crippen molar-refractivity contribution < 1.29 is 9.53 Å². The number of aromatic nitrogens is 3. The molecule has 0 saturated carbocycles. The zero-order chi connectivity index (χ0) is 18.9. The molecule has 0 bridgehead atoms. The number of carbonyl (C=O) groups is 1. The minimum Gasteiger partial charge on any atom is -0.444 e. The highest BCUT2D eigenvalue weighted by Crippen LogP contribution is 2.28. The van der Waals surface area contributed by atoms with Crippen molar-refractivity contribution in [2.24, 2.45) is 0 Å². The number of carbonyl (C=O) groups excluding carboxylic acids is 1. The van der Waals surface area contributed by atoms with E-state index in [-0.39, 0.29) is 17.7 Å². The van der Waals surface area contributed by atoms with Crippen molar-refractivity contribution in [1.82, 2.24) is 19.7 Å². The molecular weight excluding hydrogens is 332 g/mol. The van der Waals surface area contributed by atoms with Gasteiger partial charge in [0.2, 0.25) is 0 Å². The van der Waals surface area contributed by atoms with E-state index < -0.39 is 5.60 Å². The number of rotatable bonds is 2. The molecular formula is C19H26N4O3. The van der Waals surface area contributed by atoms with Crippen LogP contribution in [-0.2, 0) is 4.74 Å². The van der Waals surface area contributed by atoms with Gasteiger partial charge < -0.3 is 9.64 Å². The number of piperidine rings is 1. The predicted molar refractivity (Wildman–Crippen MR) is 98.7 cm³/mol. The molecule has 140 valence electrons. The average Bonchev–Trinajstić information content (AvgIpc) is 2.96. The van der Waals surface area contributed by atoms with Crippen LogP contribution in [0.15, 0.2) is 29.1 Å². The quantitative estimate of drug-likeness (QED) is 0.895. The van der Waals surface area contributed by atoms with Crippen LogP contribution in [0.2, 0.25) is 0 Å². The third-order valence-corrected chi connectivity index (χ3v) is 4.50. The van der Waals surface area contributed by atoms with Crippen molar-refractivity contribution in [2.75, 3.05) is 13.1 Å². The summed E-state index contributed by atoms with van der Waals surface area (Å²) in [4.78, 5) is 26.2. The molecule has 1 fully saturated rings. The van der Waals surface area contributed by atoms with Crippen molar-refractivity contribution in [1.29, 1.82) is 0 Å². The molecule has 0 unspecified atom stereocenters. The molecule has 1 aliphatic rings. The van der Waals surface area contributed by atoms with Crippen molar-refractivity contribution in [3.05, 3.63) is 46.1 Å². The summed E-state index contributed by atoms with van der Waals surface area (Å²) in [6.07, 6.45) is 1.21. The highest BCUT2D eigenvalue weighted by molar-refractivity contribution is 5.68. The zero-order valence-corrected chi connectivity index (χ0v) is 15.8. The summed E-state index contributed by atoms with van der Waals surface area (Å²) in [5, 5.41) is 6.82. The molecule has 1 aromatic carbocycles. The summed E-state index contributed by atoms with van der Waals surface area (Å²) < 4.78 is 7.07. The molecule has 0 spiro atoms. The second-order valence-electron chi connectivity index (χ2n) is 7.80. The van der Waals surface area contributed by atoms with Crippen LogP contribution in [0.3, 0.4) is 0 Å². The summed E-state index contributed by atoms with van der Waals surface area (Å²) in [7, 11) is 0. The Labute approximate surface area is 153 Å². The molecule has 26 heavy (non-hydrogen) atoms. The molecule has 3 rings (SSSR count). The highest BCUT2D eigenvalue weighted by atomic mass is 16.6. The minimum absolute atomic E-state index is 0.119. The number of amides is 1. The summed E-state index contributed by atoms with van der Waals surface area (Å²) in [6.45, 7) is 8.78. The van der Waals surface area contributed by atoms with Gasteiger partial charge in [0, 0.05) is 19.0 Å². The first kappa shape index (κ1) is 18.2. The number of ether oxygens (including phenoxy) is 1. The normalized spacial score (nSPS) is 15.9. The van der Waals surface area contributed by atoms with E-state index in [0.29, 0.717) is 13.1 Å². The fourth-order valence-corrected chi connectivity index (χ4v) is 3.17. The maximum atomic E-state index is 12.3. The van der Waals surface area contributed by atoms with Gasteiger partial charge in [-0.2, -0.15) is 5.10 Å². The van der Waals surface area contributed by atoms with Crippen molar-refractivity contribution in [3.8, 4) is 5.69 Å². The number of aryl methyl sites for hydroxylation is 1. The fraction of sp³-hybridized carbons (Fsp3) is 0.526. The van der Waals surface area contributed by atoms with Gasteiger partial charge in [-0.25, -0.2) is 19.3 Å². The maximum Gasteiger partial charge on any atom is 0.410 e. The molecule has 2 aromatic rings. The topological polar surface area (TPSA) is 80.2 Å². The van der Waals surface area contributed by atoms with Crippen LogP contribution in [-0.4, -0.2) is 44.4 Å². The standard InChI is InChI=1S/C19H26N4O3/c1-13-5-7-15(8-6-13)23-16(20-21-17(23)24)14-9-11-22(12-10-14)18(25)26-19(2,3)4/h5-8,14H,9-12H2,1-4H3,(H,21,24). The first-order chi connectivity index (χ1) is 12.2. The summed E-state index contributed by atoms with van der Waals surface area (Å²) >= 11 is 0. The van der Waals surface area contributed by atoms with Crippen LogP contribution in [0.5, 0.6) is 0 Å². The first-order valence-electron chi connectivity index (χ1n) is 8.97. The zero-order valence-electron chi connectivity index (χ0n) is 15.8. The Morgan fingerprint density at radius 2 is 1.81 bits per heavy atom. The lowest BCUT2D eigenvalue weighted by molar-refractivity contribution is 0.0203. The molecule has 1 aliphatic heterocycles. The third kappa shape index (κ3) is 3.98. The van der Waals surface area contributed by atoms with Gasteiger partial charge in [0.15, 0.2) is 0 Å². The summed E-state index contributed by atoms with van der Waals surface area (Å²) in [5.74, 6) is 0.844. The largest absolute Gasteiger partial charge is 0.444 e. The Hall–Kier alpha value is -2.57. The molecule has 0 atom stereocenters. The Kier molecular flexibility index (Phi) is 4.89. The van der Waals surface area contributed by atoms with E-state index in [1.54, 1.807) is 9.47 Å². The van der Waals surface area contributed by atoms with E-state index in [1.165, 1.54) is 0 Å². The van der Waals surface area contributed by atoms with Crippen LogP contribution in [0.4, 0.5) is 4.79 Å². The van der Waals surface area contributed by atoms with Crippen LogP contribution in [0.1, 0.15) is 50.9 Å². The van der Waals surface area contributed by atoms with Gasteiger partial charge in [0.05, 0.1) is 5.69 Å². The number of aromatic amines is 1. The first-order valence-corrected chi connectivity index (χ1v) is 8.97. The number of H-pyrrole nitrogens is 1. The third-order valence-electron chi connectivity index (χ3n) is 4.50. The maximum absolute atomic E-state index is 12.3. The van der Waals surface area contributed by atoms with Gasteiger partial charge in [-0.3, -0.25) is 0 Å². The van der Waals surface area contributed by atoms with Crippen molar-refractivity contribution in [2.45, 2.75) is 52.1 Å². The van der Waals surface area contributed by atoms with Crippen molar-refractivity contribution >= 4 is 6.09 Å². The second kappa shape index (κ2) is 6.97. The molecule has 2 heterocycles. The van der Waals surface area contributed by atoms with Gasteiger partial charge in [-0.1, -0.05) is 17.7 Å². The Morgan fingerprint density at radius 3 is 2.38 bits per heavy atom. The Bertz CT molecular complexity index is 822. The lowest BCUT2D eigenvalue weighted by Crippen LogP contribution is -2.41. The van der Waals surface area contributed by atoms with Gasteiger partial charge in [0.1, 0.15) is 11.4 Å².